The lowest BCUT2D eigenvalue weighted by Gasteiger charge is -2.34. The summed E-state index contributed by atoms with van der Waals surface area (Å²) >= 11 is 0. The van der Waals surface area contributed by atoms with E-state index in [0.29, 0.717) is 17.3 Å². The SMILES string of the molecule is CCC[C@]1(C)COCC[C@@H](N(C)c2ccc(-c3ccc(-c4cn[nH]c4)cc3O)nn2)C1. The molecule has 0 unspecified atom stereocenters. The molecule has 2 atom stereocenters. The average molecular weight is 422 g/mol. The summed E-state index contributed by atoms with van der Waals surface area (Å²) in [5, 5.41) is 26.2. The van der Waals surface area contributed by atoms with Crippen LogP contribution in [0.4, 0.5) is 5.82 Å². The number of H-pyrrole nitrogens is 1. The number of aromatic nitrogens is 4. The highest BCUT2D eigenvalue weighted by Crippen LogP contribution is 2.36. The van der Waals surface area contributed by atoms with Crippen LogP contribution < -0.4 is 4.90 Å². The van der Waals surface area contributed by atoms with Gasteiger partial charge in [0.1, 0.15) is 5.75 Å². The molecule has 7 nitrogen and oxygen atoms in total. The summed E-state index contributed by atoms with van der Waals surface area (Å²) in [5.41, 5.74) is 3.32. The predicted octanol–water partition coefficient (Wildman–Crippen LogP) is 4.66. The molecule has 0 bridgehead atoms. The number of hydrogen-bond acceptors (Lipinski definition) is 6. The third kappa shape index (κ3) is 4.71. The zero-order chi connectivity index (χ0) is 21.8. The summed E-state index contributed by atoms with van der Waals surface area (Å²) in [4.78, 5) is 2.22. The second-order valence-electron chi connectivity index (χ2n) is 8.87. The van der Waals surface area contributed by atoms with Gasteiger partial charge in [0.2, 0.25) is 0 Å². The molecule has 7 heteroatoms. The first-order valence-electron chi connectivity index (χ1n) is 11.0. The van der Waals surface area contributed by atoms with Gasteiger partial charge in [0.25, 0.3) is 0 Å². The minimum absolute atomic E-state index is 0.172. The molecule has 164 valence electrons. The van der Waals surface area contributed by atoms with Gasteiger partial charge in [-0.15, -0.1) is 10.2 Å². The number of ether oxygens (including phenoxy) is 1. The highest BCUT2D eigenvalue weighted by molar-refractivity contribution is 5.73. The molecular formula is C24H31N5O2. The maximum Gasteiger partial charge on any atom is 0.151 e. The molecule has 0 spiro atoms. The van der Waals surface area contributed by atoms with Gasteiger partial charge in [-0.1, -0.05) is 26.3 Å². The van der Waals surface area contributed by atoms with Gasteiger partial charge in [-0.25, -0.2) is 0 Å². The second kappa shape index (κ2) is 9.06. The number of nitrogens with one attached hydrogen (secondary N) is 1. The molecule has 2 N–H and O–H groups in total. The van der Waals surface area contributed by atoms with E-state index in [9.17, 15) is 5.11 Å². The molecule has 31 heavy (non-hydrogen) atoms. The van der Waals surface area contributed by atoms with Crippen LogP contribution in [0.1, 0.15) is 39.5 Å². The summed E-state index contributed by atoms with van der Waals surface area (Å²) in [5.74, 6) is 1.01. The first-order chi connectivity index (χ1) is 15.0. The van der Waals surface area contributed by atoms with Gasteiger partial charge in [-0.3, -0.25) is 5.10 Å². The van der Waals surface area contributed by atoms with Crippen LogP contribution in [0.5, 0.6) is 5.75 Å². The Morgan fingerprint density at radius 3 is 2.77 bits per heavy atom. The molecular weight excluding hydrogens is 390 g/mol. The zero-order valence-corrected chi connectivity index (χ0v) is 18.5. The minimum atomic E-state index is 0.172. The molecule has 1 aliphatic heterocycles. The van der Waals surface area contributed by atoms with Crippen molar-refractivity contribution in [3.63, 3.8) is 0 Å². The van der Waals surface area contributed by atoms with Crippen molar-refractivity contribution in [3.8, 4) is 28.1 Å². The van der Waals surface area contributed by atoms with Crippen molar-refractivity contribution in [2.45, 2.75) is 45.6 Å². The largest absolute Gasteiger partial charge is 0.507 e. The predicted molar refractivity (Wildman–Crippen MR) is 122 cm³/mol. The topological polar surface area (TPSA) is 87.2 Å². The normalized spacial score (nSPS) is 21.6. The molecule has 0 amide bonds. The van der Waals surface area contributed by atoms with Crippen molar-refractivity contribution in [1.82, 2.24) is 20.4 Å². The van der Waals surface area contributed by atoms with Crippen molar-refractivity contribution < 1.29 is 9.84 Å². The number of nitrogens with zero attached hydrogens (tertiary/aromatic N) is 4. The zero-order valence-electron chi connectivity index (χ0n) is 18.5. The molecule has 4 rings (SSSR count). The van der Waals surface area contributed by atoms with Gasteiger partial charge in [-0.2, -0.15) is 5.10 Å². The van der Waals surface area contributed by atoms with E-state index in [0.717, 1.165) is 55.8 Å². The summed E-state index contributed by atoms with van der Waals surface area (Å²) in [6.45, 7) is 6.16. The van der Waals surface area contributed by atoms with Gasteiger partial charge in [0.05, 0.1) is 18.5 Å². The van der Waals surface area contributed by atoms with E-state index in [-0.39, 0.29) is 11.2 Å². The lowest BCUT2D eigenvalue weighted by Crippen LogP contribution is -2.37. The summed E-state index contributed by atoms with van der Waals surface area (Å²) < 4.78 is 5.91. The van der Waals surface area contributed by atoms with Gasteiger partial charge < -0.3 is 14.7 Å². The Bertz CT molecular complexity index is 990. The summed E-state index contributed by atoms with van der Waals surface area (Å²) in [6, 6.07) is 9.80. The van der Waals surface area contributed by atoms with Crippen LogP contribution in [-0.2, 0) is 4.74 Å². The number of aromatic hydroxyl groups is 1. The minimum Gasteiger partial charge on any atom is -0.507 e. The average Bonchev–Trinajstić information content (AvgIpc) is 3.24. The van der Waals surface area contributed by atoms with E-state index in [1.807, 2.05) is 24.3 Å². The number of aromatic amines is 1. The fourth-order valence-corrected chi connectivity index (χ4v) is 4.56. The number of rotatable bonds is 6. The molecule has 1 saturated heterocycles. The second-order valence-corrected chi connectivity index (χ2v) is 8.87. The molecule has 0 saturated carbocycles. The first kappa shape index (κ1) is 21.3. The van der Waals surface area contributed by atoms with Gasteiger partial charge in [-0.05, 0) is 54.5 Å². The maximum atomic E-state index is 10.5. The molecule has 0 aliphatic carbocycles. The van der Waals surface area contributed by atoms with E-state index in [2.05, 4.69) is 46.2 Å². The fourth-order valence-electron chi connectivity index (χ4n) is 4.56. The Morgan fingerprint density at radius 2 is 2.10 bits per heavy atom. The van der Waals surface area contributed by atoms with Gasteiger partial charge >= 0.3 is 0 Å². The van der Waals surface area contributed by atoms with Gasteiger partial charge in [0.15, 0.2) is 5.82 Å². The highest BCUT2D eigenvalue weighted by Gasteiger charge is 2.32. The van der Waals surface area contributed by atoms with Crippen LogP contribution in [0, 0.1) is 5.41 Å². The van der Waals surface area contributed by atoms with E-state index in [4.69, 9.17) is 4.74 Å². The standard InChI is InChI=1S/C24H31N5O2/c1-4-10-24(2)13-19(9-11-31-16-24)29(3)23-8-7-21(27-28-23)20-6-5-17(12-22(20)30)18-14-25-26-15-18/h5-8,12,14-15,19,30H,4,9-11,13,16H2,1-3H3,(H,25,26)/t19-,24+/m1/s1. The number of phenols is 1. The Morgan fingerprint density at radius 1 is 1.23 bits per heavy atom. The molecule has 1 aromatic carbocycles. The molecule has 3 heterocycles. The Labute approximate surface area is 183 Å². The fraction of sp³-hybridized carbons (Fsp3) is 0.458. The lowest BCUT2D eigenvalue weighted by atomic mass is 9.80. The molecule has 2 aromatic heterocycles. The lowest BCUT2D eigenvalue weighted by molar-refractivity contribution is 0.0646. The van der Waals surface area contributed by atoms with Crippen LogP contribution in [0.3, 0.4) is 0 Å². The quantitative estimate of drug-likeness (QED) is 0.602. The van der Waals surface area contributed by atoms with Crippen LogP contribution >= 0.6 is 0 Å². The molecule has 3 aromatic rings. The summed E-state index contributed by atoms with van der Waals surface area (Å²) in [7, 11) is 2.09. The molecule has 0 radical (unpaired) electrons. The van der Waals surface area contributed by atoms with Crippen LogP contribution in [0.2, 0.25) is 0 Å². The van der Waals surface area contributed by atoms with E-state index >= 15 is 0 Å². The molecule has 1 aliphatic rings. The third-order valence-corrected chi connectivity index (χ3v) is 6.29. The number of hydrogen-bond donors (Lipinski definition) is 2. The van der Waals surface area contributed by atoms with Crippen molar-refractivity contribution in [2.75, 3.05) is 25.2 Å². The van der Waals surface area contributed by atoms with E-state index in [1.165, 1.54) is 0 Å². The summed E-state index contributed by atoms with van der Waals surface area (Å²) in [6.07, 6.45) is 7.90. The Kier molecular flexibility index (Phi) is 6.23. The number of phenolic OH excluding ortho intramolecular Hbond substituents is 1. The number of benzene rings is 1. The van der Waals surface area contributed by atoms with Gasteiger partial charge in [0, 0.05) is 37.0 Å². The third-order valence-electron chi connectivity index (χ3n) is 6.29. The monoisotopic (exact) mass is 421 g/mol. The van der Waals surface area contributed by atoms with Crippen molar-refractivity contribution in [2.24, 2.45) is 5.41 Å². The Balaban J connectivity index is 1.51. The van der Waals surface area contributed by atoms with Crippen LogP contribution in [0.25, 0.3) is 22.4 Å². The highest BCUT2D eigenvalue weighted by atomic mass is 16.5. The number of anilines is 1. The van der Waals surface area contributed by atoms with E-state index in [1.54, 1.807) is 18.5 Å². The van der Waals surface area contributed by atoms with Crippen LogP contribution in [-0.4, -0.2) is 51.8 Å². The van der Waals surface area contributed by atoms with E-state index < -0.39 is 0 Å². The maximum absolute atomic E-state index is 10.5. The smallest absolute Gasteiger partial charge is 0.151 e. The molecule has 1 fully saturated rings. The first-order valence-corrected chi connectivity index (χ1v) is 11.0. The van der Waals surface area contributed by atoms with Crippen molar-refractivity contribution in [1.29, 1.82) is 0 Å². The van der Waals surface area contributed by atoms with Crippen LogP contribution in [0.15, 0.2) is 42.7 Å². The Hall–Kier alpha value is -2.93. The van der Waals surface area contributed by atoms with Crippen molar-refractivity contribution in [3.05, 3.63) is 42.7 Å². The van der Waals surface area contributed by atoms with Crippen molar-refractivity contribution >= 4 is 5.82 Å².